The first-order valence-electron chi connectivity index (χ1n) is 6.83. The molecule has 0 radical (unpaired) electrons. The number of anilines is 1. The molecule has 5 nitrogen and oxygen atoms in total. The summed E-state index contributed by atoms with van der Waals surface area (Å²) in [6.07, 6.45) is 0.739. The van der Waals surface area contributed by atoms with Gasteiger partial charge in [0.05, 0.1) is 6.54 Å². The van der Waals surface area contributed by atoms with Crippen LogP contribution in [-0.2, 0) is 9.59 Å². The highest BCUT2D eigenvalue weighted by molar-refractivity contribution is 5.85. The third kappa shape index (κ3) is 4.91. The molecular formula is C15H23N3O2. The van der Waals surface area contributed by atoms with E-state index in [-0.39, 0.29) is 24.3 Å². The van der Waals surface area contributed by atoms with Gasteiger partial charge in [0.25, 0.3) is 5.91 Å². The fourth-order valence-corrected chi connectivity index (χ4v) is 1.67. The molecule has 3 N–H and O–H groups in total. The summed E-state index contributed by atoms with van der Waals surface area (Å²) < 4.78 is 0. The summed E-state index contributed by atoms with van der Waals surface area (Å²) in [6.45, 7) is 7.86. The van der Waals surface area contributed by atoms with E-state index in [9.17, 15) is 9.59 Å². The number of carbonyl (C=O) groups excluding carboxylic acids is 2. The zero-order valence-electron chi connectivity index (χ0n) is 12.5. The van der Waals surface area contributed by atoms with Gasteiger partial charge in [0, 0.05) is 11.6 Å². The fourth-order valence-electron chi connectivity index (χ4n) is 1.67. The van der Waals surface area contributed by atoms with Crippen LogP contribution in [0.15, 0.2) is 18.2 Å². The maximum atomic E-state index is 11.6. The van der Waals surface area contributed by atoms with Crippen LogP contribution in [-0.4, -0.2) is 18.4 Å². The summed E-state index contributed by atoms with van der Waals surface area (Å²) >= 11 is 0. The van der Waals surface area contributed by atoms with Crippen molar-refractivity contribution in [2.75, 3.05) is 11.9 Å². The van der Waals surface area contributed by atoms with Crippen LogP contribution in [0.4, 0.5) is 5.69 Å². The zero-order valence-corrected chi connectivity index (χ0v) is 12.5. The highest BCUT2D eigenvalue weighted by atomic mass is 16.2. The molecule has 1 atom stereocenters. The maximum Gasteiger partial charge on any atom is 0.257 e. The van der Waals surface area contributed by atoms with E-state index in [2.05, 4.69) is 16.2 Å². The van der Waals surface area contributed by atoms with Crippen LogP contribution in [0.2, 0.25) is 0 Å². The van der Waals surface area contributed by atoms with Crippen molar-refractivity contribution in [1.82, 2.24) is 10.9 Å². The molecule has 1 unspecified atom stereocenters. The SMILES string of the molecule is CCC(C)C(=O)NNC(=O)CNc1ccc(C)cc1C. The number of nitrogens with one attached hydrogen (secondary N) is 3. The molecule has 0 aromatic heterocycles. The summed E-state index contributed by atoms with van der Waals surface area (Å²) in [5.41, 5.74) is 7.99. The number of hydrazine groups is 1. The Morgan fingerprint density at radius 1 is 1.20 bits per heavy atom. The second kappa shape index (κ2) is 7.53. The predicted octanol–water partition coefficient (Wildman–Crippen LogP) is 1.91. The molecular weight excluding hydrogens is 254 g/mol. The van der Waals surface area contributed by atoms with E-state index >= 15 is 0 Å². The van der Waals surface area contributed by atoms with E-state index in [1.54, 1.807) is 0 Å². The van der Waals surface area contributed by atoms with Crippen molar-refractivity contribution >= 4 is 17.5 Å². The van der Waals surface area contributed by atoms with Crippen LogP contribution in [0.1, 0.15) is 31.4 Å². The third-order valence-corrected chi connectivity index (χ3v) is 3.21. The zero-order chi connectivity index (χ0) is 15.1. The minimum atomic E-state index is -0.276. The Morgan fingerprint density at radius 3 is 2.50 bits per heavy atom. The molecule has 0 heterocycles. The minimum absolute atomic E-state index is 0.109. The first kappa shape index (κ1) is 16.0. The van der Waals surface area contributed by atoms with Gasteiger partial charge in [-0.1, -0.05) is 31.5 Å². The highest BCUT2D eigenvalue weighted by Crippen LogP contribution is 2.15. The molecule has 1 rings (SSSR count). The Morgan fingerprint density at radius 2 is 1.90 bits per heavy atom. The molecule has 1 aromatic rings. The maximum absolute atomic E-state index is 11.6. The van der Waals surface area contributed by atoms with Gasteiger partial charge in [-0.25, -0.2) is 0 Å². The molecule has 1 aromatic carbocycles. The van der Waals surface area contributed by atoms with Gasteiger partial charge in [-0.2, -0.15) is 0 Å². The molecule has 0 spiro atoms. The van der Waals surface area contributed by atoms with Gasteiger partial charge in [-0.15, -0.1) is 0 Å². The first-order valence-corrected chi connectivity index (χ1v) is 6.83. The van der Waals surface area contributed by atoms with E-state index < -0.39 is 0 Å². The molecule has 0 saturated carbocycles. The summed E-state index contributed by atoms with van der Waals surface area (Å²) in [6, 6.07) is 5.97. The number of aryl methyl sites for hydroxylation is 2. The van der Waals surface area contributed by atoms with Crippen LogP contribution < -0.4 is 16.2 Å². The van der Waals surface area contributed by atoms with Crippen molar-refractivity contribution in [3.05, 3.63) is 29.3 Å². The number of benzene rings is 1. The van der Waals surface area contributed by atoms with Gasteiger partial charge in [-0.3, -0.25) is 20.4 Å². The van der Waals surface area contributed by atoms with Gasteiger partial charge >= 0.3 is 0 Å². The molecule has 0 aliphatic heterocycles. The summed E-state index contributed by atoms with van der Waals surface area (Å²) in [5, 5.41) is 3.04. The molecule has 0 bridgehead atoms. The van der Waals surface area contributed by atoms with Gasteiger partial charge in [0.2, 0.25) is 5.91 Å². The van der Waals surface area contributed by atoms with E-state index in [4.69, 9.17) is 0 Å². The average molecular weight is 277 g/mol. The number of carbonyl (C=O) groups is 2. The van der Waals surface area contributed by atoms with Crippen LogP contribution in [0, 0.1) is 19.8 Å². The molecule has 0 aliphatic carbocycles. The molecule has 0 aliphatic rings. The Hall–Kier alpha value is -2.04. The number of amides is 2. The van der Waals surface area contributed by atoms with Gasteiger partial charge in [0.1, 0.15) is 0 Å². The minimum Gasteiger partial charge on any atom is -0.376 e. The lowest BCUT2D eigenvalue weighted by molar-refractivity contribution is -0.130. The lowest BCUT2D eigenvalue weighted by atomic mass is 10.1. The molecule has 20 heavy (non-hydrogen) atoms. The normalized spacial score (nSPS) is 11.6. The Kier molecular flexibility index (Phi) is 6.03. The lowest BCUT2D eigenvalue weighted by Gasteiger charge is -2.13. The van der Waals surface area contributed by atoms with Crippen molar-refractivity contribution in [3.8, 4) is 0 Å². The standard InChI is InChI=1S/C15H23N3O2/c1-5-11(3)15(20)18-17-14(19)9-16-13-7-6-10(2)8-12(13)4/h6-8,11,16H,5,9H2,1-4H3,(H,17,19)(H,18,20). The second-order valence-electron chi connectivity index (χ2n) is 5.02. The van der Waals surface area contributed by atoms with E-state index in [1.165, 1.54) is 5.56 Å². The lowest BCUT2D eigenvalue weighted by Crippen LogP contribution is -2.46. The van der Waals surface area contributed by atoms with E-state index in [0.29, 0.717) is 0 Å². The van der Waals surface area contributed by atoms with Crippen molar-refractivity contribution < 1.29 is 9.59 Å². The topological polar surface area (TPSA) is 70.2 Å². The van der Waals surface area contributed by atoms with Gasteiger partial charge in [0.15, 0.2) is 0 Å². The fraction of sp³-hybridized carbons (Fsp3) is 0.467. The monoisotopic (exact) mass is 277 g/mol. The quantitative estimate of drug-likeness (QED) is 0.720. The van der Waals surface area contributed by atoms with Crippen molar-refractivity contribution in [3.63, 3.8) is 0 Å². The number of hydrogen-bond donors (Lipinski definition) is 3. The molecule has 2 amide bonds. The molecule has 0 saturated heterocycles. The van der Waals surface area contributed by atoms with E-state index in [1.807, 2.05) is 45.9 Å². The van der Waals surface area contributed by atoms with Crippen LogP contribution >= 0.6 is 0 Å². The first-order chi connectivity index (χ1) is 9.43. The van der Waals surface area contributed by atoms with Crippen LogP contribution in [0.25, 0.3) is 0 Å². The molecule has 110 valence electrons. The largest absolute Gasteiger partial charge is 0.376 e. The molecule has 0 fully saturated rings. The molecule has 5 heteroatoms. The van der Waals surface area contributed by atoms with Gasteiger partial charge < -0.3 is 5.32 Å². The van der Waals surface area contributed by atoms with Crippen molar-refractivity contribution in [2.24, 2.45) is 5.92 Å². The smallest absolute Gasteiger partial charge is 0.257 e. The summed E-state index contributed by atoms with van der Waals surface area (Å²) in [4.78, 5) is 23.1. The van der Waals surface area contributed by atoms with Crippen LogP contribution in [0.5, 0.6) is 0 Å². The predicted molar refractivity (Wildman–Crippen MR) is 80.1 cm³/mol. The Bertz CT molecular complexity index is 486. The summed E-state index contributed by atoms with van der Waals surface area (Å²) in [7, 11) is 0. The highest BCUT2D eigenvalue weighted by Gasteiger charge is 2.11. The van der Waals surface area contributed by atoms with Gasteiger partial charge in [-0.05, 0) is 31.9 Å². The van der Waals surface area contributed by atoms with Crippen molar-refractivity contribution in [2.45, 2.75) is 34.1 Å². The number of rotatable bonds is 5. The third-order valence-electron chi connectivity index (χ3n) is 3.21. The Balaban J connectivity index is 2.38. The van der Waals surface area contributed by atoms with E-state index in [0.717, 1.165) is 17.7 Å². The van der Waals surface area contributed by atoms with Crippen LogP contribution in [0.3, 0.4) is 0 Å². The Labute approximate surface area is 120 Å². The average Bonchev–Trinajstić information content (AvgIpc) is 2.42. The number of hydrogen-bond acceptors (Lipinski definition) is 3. The summed E-state index contributed by atoms with van der Waals surface area (Å²) in [5.74, 6) is -0.559. The second-order valence-corrected chi connectivity index (χ2v) is 5.02. The van der Waals surface area contributed by atoms with Crippen molar-refractivity contribution in [1.29, 1.82) is 0 Å².